The molecule has 1 saturated heterocycles. The van der Waals surface area contributed by atoms with Crippen molar-refractivity contribution in [1.82, 2.24) is 19.9 Å². The molecule has 0 saturated carbocycles. The fourth-order valence-electron chi connectivity index (χ4n) is 5.67. The van der Waals surface area contributed by atoms with Crippen LogP contribution in [0, 0.1) is 12.3 Å². The van der Waals surface area contributed by atoms with Crippen LogP contribution >= 0.6 is 11.3 Å². The van der Waals surface area contributed by atoms with Crippen LogP contribution in [0.2, 0.25) is 0 Å². The zero-order chi connectivity index (χ0) is 26.1. The summed E-state index contributed by atoms with van der Waals surface area (Å²) in [6.07, 6.45) is 2.65. The molecule has 0 bridgehead atoms. The molecule has 9 nitrogen and oxygen atoms in total. The summed E-state index contributed by atoms with van der Waals surface area (Å²) in [7, 11) is 0. The molecule has 0 unspecified atom stereocenters. The molecule has 1 atom stereocenters. The molecule has 1 aliphatic carbocycles. The van der Waals surface area contributed by atoms with Gasteiger partial charge in [-0.25, -0.2) is 15.0 Å². The van der Waals surface area contributed by atoms with Gasteiger partial charge >= 0.3 is 0 Å². The van der Waals surface area contributed by atoms with Gasteiger partial charge in [0.05, 0.1) is 18.4 Å². The van der Waals surface area contributed by atoms with Crippen molar-refractivity contribution < 1.29 is 7.54 Å². The van der Waals surface area contributed by atoms with Crippen molar-refractivity contribution in [3.8, 4) is 0 Å². The molecule has 4 heterocycles. The third kappa shape index (κ3) is 3.71. The van der Waals surface area contributed by atoms with Crippen LogP contribution in [0.25, 0.3) is 0 Å². The maximum Gasteiger partial charge on any atom is 0.276 e. The van der Waals surface area contributed by atoms with E-state index < -0.39 is 12.3 Å². The number of aryl methyl sites for hydroxylation is 1. The van der Waals surface area contributed by atoms with Crippen LogP contribution in [0.15, 0.2) is 24.4 Å². The number of rotatable bonds is 2. The molecule has 6 N–H and O–H groups in total. The number of aromatic nitrogens is 3. The highest BCUT2D eigenvalue weighted by molar-refractivity contribution is 7.15. The number of carbonyl (C=O) groups excluding carboxylic acids is 1. The Bertz CT molecular complexity index is 1400. The van der Waals surface area contributed by atoms with Crippen molar-refractivity contribution in [3.63, 3.8) is 0 Å². The van der Waals surface area contributed by atoms with Crippen molar-refractivity contribution in [2.45, 2.75) is 45.1 Å². The Morgan fingerprint density at radius 2 is 2.03 bits per heavy atom. The SMILES string of the molecule is [2H]C1([2H])CN(C(=O)c2ncc(N3CCC4(CC3)Cc3ccc(C)cc3[C@H]4N)nc2N)Cc2sc(N)nc21. The first kappa shape index (κ1) is 20.0. The molecule has 0 radical (unpaired) electrons. The summed E-state index contributed by atoms with van der Waals surface area (Å²) in [5.74, 6) is 0.217. The summed E-state index contributed by atoms with van der Waals surface area (Å²) in [6, 6.07) is 6.62. The van der Waals surface area contributed by atoms with Gasteiger partial charge in [0, 0.05) is 39.7 Å². The Morgan fingerprint density at radius 1 is 1.23 bits per heavy atom. The van der Waals surface area contributed by atoms with Gasteiger partial charge in [-0.1, -0.05) is 23.8 Å². The fraction of sp³-hybridized carbons (Fsp3) is 0.440. The molecule has 182 valence electrons. The third-order valence-electron chi connectivity index (χ3n) is 7.68. The van der Waals surface area contributed by atoms with Gasteiger partial charge in [0.25, 0.3) is 5.91 Å². The predicted octanol–water partition coefficient (Wildman–Crippen LogP) is 2.45. The molecule has 35 heavy (non-hydrogen) atoms. The summed E-state index contributed by atoms with van der Waals surface area (Å²) in [5.41, 5.74) is 23.0. The topological polar surface area (TPSA) is 140 Å². The van der Waals surface area contributed by atoms with E-state index in [1.807, 2.05) is 0 Å². The maximum atomic E-state index is 13.3. The van der Waals surface area contributed by atoms with Gasteiger partial charge in [-0.2, -0.15) is 0 Å². The lowest BCUT2D eigenvalue weighted by Crippen LogP contribution is -2.44. The first-order valence-corrected chi connectivity index (χ1v) is 12.7. The van der Waals surface area contributed by atoms with Crippen LogP contribution < -0.4 is 22.1 Å². The Labute approximate surface area is 211 Å². The largest absolute Gasteiger partial charge is 0.382 e. The second-order valence-electron chi connectivity index (χ2n) is 9.83. The van der Waals surface area contributed by atoms with E-state index in [1.165, 1.54) is 32.9 Å². The lowest BCUT2D eigenvalue weighted by molar-refractivity contribution is 0.0731. The summed E-state index contributed by atoms with van der Waals surface area (Å²) >= 11 is 1.19. The van der Waals surface area contributed by atoms with E-state index in [2.05, 4.69) is 45.0 Å². The Kier molecular flexibility index (Phi) is 4.67. The second kappa shape index (κ2) is 8.17. The number of carbonyl (C=O) groups is 1. The Balaban J connectivity index is 1.16. The van der Waals surface area contributed by atoms with Crippen LogP contribution in [-0.4, -0.2) is 45.4 Å². The van der Waals surface area contributed by atoms with E-state index in [4.69, 9.17) is 19.9 Å². The van der Waals surface area contributed by atoms with E-state index in [1.54, 1.807) is 6.20 Å². The average molecular weight is 493 g/mol. The number of amides is 1. The number of fused-ring (bicyclic) bond motifs is 2. The van der Waals surface area contributed by atoms with Gasteiger partial charge in [-0.3, -0.25) is 4.79 Å². The first-order valence-electron chi connectivity index (χ1n) is 12.8. The number of thiazole rings is 1. The van der Waals surface area contributed by atoms with Gasteiger partial charge in [-0.05, 0) is 42.7 Å². The summed E-state index contributed by atoms with van der Waals surface area (Å²) < 4.78 is 16.7. The number of anilines is 3. The number of hydrogen-bond donors (Lipinski definition) is 3. The smallest absolute Gasteiger partial charge is 0.276 e. The highest BCUT2D eigenvalue weighted by atomic mass is 32.1. The van der Waals surface area contributed by atoms with Crippen molar-refractivity contribution in [1.29, 1.82) is 0 Å². The average Bonchev–Trinajstić information content (AvgIpc) is 3.36. The monoisotopic (exact) mass is 492 g/mol. The predicted molar refractivity (Wildman–Crippen MR) is 137 cm³/mol. The molecular formula is C25H30N8OS. The van der Waals surface area contributed by atoms with E-state index in [0.717, 1.165) is 32.4 Å². The molecule has 3 aliphatic rings. The van der Waals surface area contributed by atoms with E-state index in [0.29, 0.717) is 16.4 Å². The zero-order valence-corrected chi connectivity index (χ0v) is 20.4. The minimum Gasteiger partial charge on any atom is -0.382 e. The number of nitrogens with zero attached hydrogens (tertiary/aromatic N) is 5. The van der Waals surface area contributed by atoms with Gasteiger partial charge in [0.2, 0.25) is 0 Å². The fourth-order valence-corrected chi connectivity index (χ4v) is 6.50. The minimum absolute atomic E-state index is 0.0256. The second-order valence-corrected chi connectivity index (χ2v) is 10.9. The first-order chi connectivity index (χ1) is 17.6. The molecule has 6 rings (SSSR count). The van der Waals surface area contributed by atoms with E-state index in [9.17, 15) is 4.79 Å². The van der Waals surface area contributed by atoms with Crippen LogP contribution in [-0.2, 0) is 19.3 Å². The molecule has 1 fully saturated rings. The number of hydrogen-bond acceptors (Lipinski definition) is 9. The third-order valence-corrected chi connectivity index (χ3v) is 8.55. The van der Waals surface area contributed by atoms with Crippen LogP contribution in [0.5, 0.6) is 0 Å². The summed E-state index contributed by atoms with van der Waals surface area (Å²) in [5, 5.41) is 0.285. The van der Waals surface area contributed by atoms with Crippen LogP contribution in [0.1, 0.15) is 59.4 Å². The number of nitrogens with two attached hydrogens (primary N) is 3. The molecule has 2 aliphatic heterocycles. The van der Waals surface area contributed by atoms with Crippen molar-refractivity contribution in [3.05, 3.63) is 57.4 Å². The molecule has 1 spiro atoms. The normalized spacial score (nSPS) is 23.0. The van der Waals surface area contributed by atoms with E-state index >= 15 is 0 Å². The van der Waals surface area contributed by atoms with Crippen LogP contribution in [0.4, 0.5) is 16.8 Å². The van der Waals surface area contributed by atoms with Gasteiger partial charge < -0.3 is 27.0 Å². The lowest BCUT2D eigenvalue weighted by Gasteiger charge is -2.42. The summed E-state index contributed by atoms with van der Waals surface area (Å²) in [6.45, 7) is 3.73. The molecule has 3 aromatic rings. The van der Waals surface area contributed by atoms with E-state index in [-0.39, 0.29) is 41.2 Å². The minimum atomic E-state index is -1.80. The molecular weight excluding hydrogens is 460 g/mol. The number of piperidine rings is 1. The Hall–Kier alpha value is -3.24. The maximum absolute atomic E-state index is 13.3. The van der Waals surface area contributed by atoms with Crippen molar-refractivity contribution in [2.75, 3.05) is 36.0 Å². The highest BCUT2D eigenvalue weighted by Crippen LogP contribution is 2.51. The standard InChI is InChI=1S/C25H30N8OS/c1-14-2-3-15-11-25(21(26)16(15)10-14)5-8-32(9-6-25)19-12-29-20(22(27)31-19)23(34)33-7-4-17-18(13-33)35-24(28)30-17/h2-3,10,12,21H,4-9,11,13,26H2,1H3,(H2,27,31)(H2,28,30)/t21-/m1/s1/i4D2. The Morgan fingerprint density at radius 3 is 2.80 bits per heavy atom. The quantitative estimate of drug-likeness (QED) is 0.495. The number of nitrogen functional groups attached to an aromatic ring is 2. The van der Waals surface area contributed by atoms with Gasteiger partial charge in [0.1, 0.15) is 5.82 Å². The number of benzene rings is 1. The van der Waals surface area contributed by atoms with Crippen molar-refractivity contribution >= 4 is 34.0 Å². The molecule has 1 amide bonds. The van der Waals surface area contributed by atoms with Crippen LogP contribution in [0.3, 0.4) is 0 Å². The molecule has 10 heteroatoms. The molecule has 2 aromatic heterocycles. The highest BCUT2D eigenvalue weighted by Gasteiger charge is 2.46. The van der Waals surface area contributed by atoms with Gasteiger partial charge in [-0.15, -0.1) is 11.3 Å². The summed E-state index contributed by atoms with van der Waals surface area (Å²) in [4.78, 5) is 30.4. The molecule has 1 aromatic carbocycles. The van der Waals surface area contributed by atoms with Gasteiger partial charge in [0.15, 0.2) is 16.6 Å². The zero-order valence-electron chi connectivity index (χ0n) is 21.6. The lowest BCUT2D eigenvalue weighted by atomic mass is 9.73. The van der Waals surface area contributed by atoms with Crippen molar-refractivity contribution in [2.24, 2.45) is 11.1 Å².